The van der Waals surface area contributed by atoms with Gasteiger partial charge in [0.05, 0.1) is 5.69 Å². The summed E-state index contributed by atoms with van der Waals surface area (Å²) in [6, 6.07) is 0.644. The molecule has 102 valence electrons. The number of nitrogens with zero attached hydrogens (tertiary/aromatic N) is 2. The number of likely N-dealkylation sites (tertiary alicyclic amines) is 1. The quantitative estimate of drug-likeness (QED) is 0.867. The van der Waals surface area contributed by atoms with Crippen molar-refractivity contribution in [2.24, 2.45) is 11.7 Å². The number of hydrogen-bond acceptors (Lipinski definition) is 4. The van der Waals surface area contributed by atoms with Crippen LogP contribution in [0.4, 0.5) is 0 Å². The summed E-state index contributed by atoms with van der Waals surface area (Å²) < 4.78 is 5.53. The Kier molecular flexibility index (Phi) is 4.78. The van der Waals surface area contributed by atoms with E-state index < -0.39 is 0 Å². The van der Waals surface area contributed by atoms with Crippen LogP contribution in [0.3, 0.4) is 0 Å². The second-order valence-electron chi connectivity index (χ2n) is 5.57. The van der Waals surface area contributed by atoms with Gasteiger partial charge in [0.2, 0.25) is 0 Å². The van der Waals surface area contributed by atoms with Crippen LogP contribution in [0.2, 0.25) is 0 Å². The van der Waals surface area contributed by atoms with Crippen molar-refractivity contribution < 1.29 is 4.42 Å². The van der Waals surface area contributed by atoms with E-state index in [9.17, 15) is 0 Å². The monoisotopic (exact) mass is 251 g/mol. The van der Waals surface area contributed by atoms with Crippen molar-refractivity contribution in [3.05, 3.63) is 17.8 Å². The average molecular weight is 251 g/mol. The van der Waals surface area contributed by atoms with E-state index in [-0.39, 0.29) is 0 Å². The Morgan fingerprint density at radius 2 is 2.39 bits per heavy atom. The minimum atomic E-state index is 0.635. The number of rotatable bonds is 5. The van der Waals surface area contributed by atoms with Crippen LogP contribution in [0.1, 0.15) is 38.3 Å². The van der Waals surface area contributed by atoms with Gasteiger partial charge in [-0.25, -0.2) is 4.98 Å². The third-order valence-corrected chi connectivity index (χ3v) is 3.74. The first-order chi connectivity index (χ1) is 8.69. The van der Waals surface area contributed by atoms with E-state index in [1.807, 2.05) is 0 Å². The van der Waals surface area contributed by atoms with Crippen LogP contribution in [0.25, 0.3) is 0 Å². The summed E-state index contributed by atoms with van der Waals surface area (Å²) in [5.74, 6) is 1.57. The van der Waals surface area contributed by atoms with Crippen LogP contribution in [0.5, 0.6) is 0 Å². The molecular formula is C14H25N3O. The van der Waals surface area contributed by atoms with Gasteiger partial charge in [-0.1, -0.05) is 0 Å². The van der Waals surface area contributed by atoms with Gasteiger partial charge in [0.1, 0.15) is 6.26 Å². The van der Waals surface area contributed by atoms with E-state index in [4.69, 9.17) is 10.2 Å². The Morgan fingerprint density at radius 1 is 1.56 bits per heavy atom. The first kappa shape index (κ1) is 13.6. The number of hydrogen-bond donors (Lipinski definition) is 1. The van der Waals surface area contributed by atoms with Gasteiger partial charge in [-0.3, -0.25) is 0 Å². The molecule has 0 aliphatic carbocycles. The van der Waals surface area contributed by atoms with E-state index in [2.05, 4.69) is 23.7 Å². The molecule has 0 saturated carbocycles. The topological polar surface area (TPSA) is 55.3 Å². The lowest BCUT2D eigenvalue weighted by Crippen LogP contribution is -2.40. The normalized spacial score (nSPS) is 21.7. The molecule has 2 N–H and O–H groups in total. The van der Waals surface area contributed by atoms with Crippen LogP contribution < -0.4 is 5.73 Å². The first-order valence-corrected chi connectivity index (χ1v) is 7.06. The predicted molar refractivity (Wildman–Crippen MR) is 72.4 cm³/mol. The molecule has 1 atom stereocenters. The molecule has 0 spiro atoms. The molecule has 2 rings (SSSR count). The van der Waals surface area contributed by atoms with Gasteiger partial charge in [-0.15, -0.1) is 0 Å². The molecule has 0 bridgehead atoms. The lowest BCUT2D eigenvalue weighted by atomic mass is 9.94. The fourth-order valence-electron chi connectivity index (χ4n) is 2.69. The van der Waals surface area contributed by atoms with Gasteiger partial charge in [0.15, 0.2) is 5.89 Å². The maximum Gasteiger partial charge on any atom is 0.194 e. The highest BCUT2D eigenvalue weighted by molar-refractivity contribution is 4.98. The summed E-state index contributed by atoms with van der Waals surface area (Å²) in [5, 5.41) is 0. The Balaban J connectivity index is 1.87. The Labute approximate surface area is 110 Å². The van der Waals surface area contributed by atoms with Crippen molar-refractivity contribution in [1.82, 2.24) is 9.88 Å². The largest absolute Gasteiger partial charge is 0.449 e. The molecule has 0 radical (unpaired) electrons. The second-order valence-corrected chi connectivity index (χ2v) is 5.57. The van der Waals surface area contributed by atoms with Crippen molar-refractivity contribution in [3.63, 3.8) is 0 Å². The number of aromatic nitrogens is 1. The summed E-state index contributed by atoms with van der Waals surface area (Å²) in [7, 11) is 0. The zero-order valence-corrected chi connectivity index (χ0v) is 11.6. The molecular weight excluding hydrogens is 226 g/mol. The summed E-state index contributed by atoms with van der Waals surface area (Å²) in [4.78, 5) is 7.05. The smallest absolute Gasteiger partial charge is 0.194 e. The predicted octanol–water partition coefficient (Wildman–Crippen LogP) is 1.84. The maximum absolute atomic E-state index is 5.53. The number of piperidine rings is 1. The number of nitrogens with two attached hydrogens (primary N) is 1. The summed E-state index contributed by atoms with van der Waals surface area (Å²) >= 11 is 0. The standard InChI is InChI=1S/C14H25N3O/c1-11(2)17-7-3-4-12(9-17)8-14-16-13(5-6-15)10-18-14/h10-12H,3-9,15H2,1-2H3. The maximum atomic E-state index is 5.53. The molecule has 1 saturated heterocycles. The fourth-order valence-corrected chi connectivity index (χ4v) is 2.69. The van der Waals surface area contributed by atoms with Crippen LogP contribution in [-0.4, -0.2) is 35.6 Å². The third-order valence-electron chi connectivity index (χ3n) is 3.74. The molecule has 1 aliphatic heterocycles. The molecule has 1 aromatic rings. The van der Waals surface area contributed by atoms with Crippen molar-refractivity contribution >= 4 is 0 Å². The molecule has 1 aliphatic rings. The SMILES string of the molecule is CC(C)N1CCCC(Cc2nc(CCN)co2)C1. The highest BCUT2D eigenvalue weighted by atomic mass is 16.3. The van der Waals surface area contributed by atoms with E-state index >= 15 is 0 Å². The molecule has 4 heteroatoms. The van der Waals surface area contributed by atoms with Crippen LogP contribution >= 0.6 is 0 Å². The molecule has 1 unspecified atom stereocenters. The third kappa shape index (κ3) is 3.56. The lowest BCUT2D eigenvalue weighted by molar-refractivity contribution is 0.136. The van der Waals surface area contributed by atoms with E-state index in [0.717, 1.165) is 24.4 Å². The Hall–Kier alpha value is -0.870. The van der Waals surface area contributed by atoms with Crippen LogP contribution in [-0.2, 0) is 12.8 Å². The minimum Gasteiger partial charge on any atom is -0.449 e. The van der Waals surface area contributed by atoms with Gasteiger partial charge in [-0.05, 0) is 45.7 Å². The fraction of sp³-hybridized carbons (Fsp3) is 0.786. The van der Waals surface area contributed by atoms with Crippen molar-refractivity contribution in [2.45, 2.75) is 45.6 Å². The van der Waals surface area contributed by atoms with Crippen molar-refractivity contribution in [3.8, 4) is 0 Å². The van der Waals surface area contributed by atoms with Gasteiger partial charge in [0.25, 0.3) is 0 Å². The van der Waals surface area contributed by atoms with Crippen LogP contribution in [0.15, 0.2) is 10.7 Å². The summed E-state index contributed by atoms with van der Waals surface area (Å²) in [6.07, 6.45) is 6.11. The van der Waals surface area contributed by atoms with Gasteiger partial charge >= 0.3 is 0 Å². The molecule has 1 aromatic heterocycles. The highest BCUT2D eigenvalue weighted by Crippen LogP contribution is 2.22. The van der Waals surface area contributed by atoms with E-state index in [1.54, 1.807) is 6.26 Å². The zero-order valence-electron chi connectivity index (χ0n) is 11.6. The second kappa shape index (κ2) is 6.34. The van der Waals surface area contributed by atoms with Gasteiger partial charge in [-0.2, -0.15) is 0 Å². The van der Waals surface area contributed by atoms with Gasteiger partial charge < -0.3 is 15.1 Å². The summed E-state index contributed by atoms with van der Waals surface area (Å²) in [6.45, 7) is 7.58. The summed E-state index contributed by atoms with van der Waals surface area (Å²) in [5.41, 5.74) is 6.51. The highest BCUT2D eigenvalue weighted by Gasteiger charge is 2.23. The number of oxazole rings is 1. The zero-order chi connectivity index (χ0) is 13.0. The molecule has 0 aromatic carbocycles. The van der Waals surface area contributed by atoms with Crippen LogP contribution in [0, 0.1) is 5.92 Å². The minimum absolute atomic E-state index is 0.635. The first-order valence-electron chi connectivity index (χ1n) is 7.06. The molecule has 2 heterocycles. The van der Waals surface area contributed by atoms with E-state index in [0.29, 0.717) is 18.5 Å². The molecule has 0 amide bonds. The lowest BCUT2D eigenvalue weighted by Gasteiger charge is -2.35. The Bertz CT molecular complexity index is 362. The van der Waals surface area contributed by atoms with Gasteiger partial charge in [0, 0.05) is 25.4 Å². The van der Waals surface area contributed by atoms with E-state index in [1.165, 1.54) is 25.9 Å². The average Bonchev–Trinajstić information content (AvgIpc) is 2.77. The molecule has 4 nitrogen and oxygen atoms in total. The van der Waals surface area contributed by atoms with Crippen molar-refractivity contribution in [2.75, 3.05) is 19.6 Å². The Morgan fingerprint density at radius 3 is 3.11 bits per heavy atom. The molecule has 18 heavy (non-hydrogen) atoms. The van der Waals surface area contributed by atoms with Crippen molar-refractivity contribution in [1.29, 1.82) is 0 Å². The molecule has 1 fully saturated rings.